The molecule has 1 aliphatic rings. The van der Waals surface area contributed by atoms with Crippen LogP contribution in [-0.4, -0.2) is 30.6 Å². The standard InChI is InChI=1S/C16H21NO2/c1-5-16(2,3)14-15(18)19-11-13(17(14)4)12-9-7-6-8-10-12/h5-10,13-14H,1,11H2,2-4H3/t13-,14-/m0/s1. The van der Waals surface area contributed by atoms with Crippen LogP contribution in [0.25, 0.3) is 0 Å². The second-order valence-electron chi connectivity index (χ2n) is 5.65. The largest absolute Gasteiger partial charge is 0.462 e. The Morgan fingerprint density at radius 1 is 1.37 bits per heavy atom. The lowest BCUT2D eigenvalue weighted by Crippen LogP contribution is -2.54. The van der Waals surface area contributed by atoms with Gasteiger partial charge in [0.2, 0.25) is 0 Å². The molecular formula is C16H21NO2. The van der Waals surface area contributed by atoms with Gasteiger partial charge in [-0.15, -0.1) is 6.58 Å². The average Bonchev–Trinajstić information content (AvgIpc) is 2.39. The van der Waals surface area contributed by atoms with E-state index < -0.39 is 0 Å². The van der Waals surface area contributed by atoms with Crippen LogP contribution in [0.1, 0.15) is 25.5 Å². The molecule has 0 radical (unpaired) electrons. The number of benzene rings is 1. The first kappa shape index (κ1) is 13.8. The van der Waals surface area contributed by atoms with Crippen molar-refractivity contribution >= 4 is 5.97 Å². The number of morpholine rings is 1. The molecule has 1 aromatic carbocycles. The lowest BCUT2D eigenvalue weighted by molar-refractivity contribution is -0.166. The fraction of sp³-hybridized carbons (Fsp3) is 0.438. The summed E-state index contributed by atoms with van der Waals surface area (Å²) in [6, 6.07) is 9.94. The zero-order valence-corrected chi connectivity index (χ0v) is 11.8. The molecule has 2 rings (SSSR count). The minimum absolute atomic E-state index is 0.100. The quantitative estimate of drug-likeness (QED) is 0.617. The molecule has 0 N–H and O–H groups in total. The van der Waals surface area contributed by atoms with Gasteiger partial charge in [0.05, 0.1) is 6.04 Å². The molecule has 2 atom stereocenters. The van der Waals surface area contributed by atoms with Crippen molar-refractivity contribution in [3.05, 3.63) is 48.6 Å². The molecule has 0 aliphatic carbocycles. The first-order valence-corrected chi connectivity index (χ1v) is 6.54. The molecule has 1 aliphatic heterocycles. The van der Waals surface area contributed by atoms with Gasteiger partial charge in [0.1, 0.15) is 12.6 Å². The Labute approximate surface area is 114 Å². The van der Waals surface area contributed by atoms with Gasteiger partial charge < -0.3 is 4.74 Å². The van der Waals surface area contributed by atoms with Crippen molar-refractivity contribution in [1.82, 2.24) is 4.90 Å². The molecule has 0 saturated carbocycles. The summed E-state index contributed by atoms with van der Waals surface area (Å²) in [5, 5.41) is 0. The highest BCUT2D eigenvalue weighted by Gasteiger charge is 2.43. The predicted molar refractivity (Wildman–Crippen MR) is 75.7 cm³/mol. The highest BCUT2D eigenvalue weighted by molar-refractivity contribution is 5.78. The number of esters is 1. The summed E-state index contributed by atoms with van der Waals surface area (Å²) in [4.78, 5) is 14.2. The van der Waals surface area contributed by atoms with E-state index in [1.165, 1.54) is 5.56 Å². The zero-order valence-electron chi connectivity index (χ0n) is 11.8. The summed E-state index contributed by atoms with van der Waals surface area (Å²) in [6.07, 6.45) is 1.82. The van der Waals surface area contributed by atoms with Gasteiger partial charge >= 0.3 is 5.97 Å². The molecule has 0 amide bonds. The Balaban J connectivity index is 2.31. The third-order valence-corrected chi connectivity index (χ3v) is 3.92. The number of hydrogen-bond acceptors (Lipinski definition) is 3. The van der Waals surface area contributed by atoms with Crippen LogP contribution in [-0.2, 0) is 9.53 Å². The summed E-state index contributed by atoms with van der Waals surface area (Å²) >= 11 is 0. The van der Waals surface area contributed by atoms with Crippen LogP contribution in [0.15, 0.2) is 43.0 Å². The van der Waals surface area contributed by atoms with Crippen LogP contribution in [0.2, 0.25) is 0 Å². The Morgan fingerprint density at radius 2 is 2.00 bits per heavy atom. The SMILES string of the molecule is C=CC(C)(C)[C@@H]1C(=O)OC[C@@H](c2ccccc2)N1C. The van der Waals surface area contributed by atoms with Crippen LogP contribution in [0, 0.1) is 5.41 Å². The lowest BCUT2D eigenvalue weighted by Gasteiger charge is -2.44. The molecule has 0 unspecified atom stereocenters. The average molecular weight is 259 g/mol. The topological polar surface area (TPSA) is 29.5 Å². The number of carbonyl (C=O) groups is 1. The molecule has 102 valence electrons. The van der Waals surface area contributed by atoms with Crippen molar-refractivity contribution in [2.75, 3.05) is 13.7 Å². The fourth-order valence-electron chi connectivity index (χ4n) is 2.65. The minimum Gasteiger partial charge on any atom is -0.462 e. The minimum atomic E-state index is -0.320. The van der Waals surface area contributed by atoms with Gasteiger partial charge in [-0.25, -0.2) is 0 Å². The van der Waals surface area contributed by atoms with E-state index in [9.17, 15) is 4.79 Å². The van der Waals surface area contributed by atoms with Crippen molar-refractivity contribution in [3.63, 3.8) is 0 Å². The number of carbonyl (C=O) groups excluding carboxylic acids is 1. The summed E-state index contributed by atoms with van der Waals surface area (Å²) in [6.45, 7) is 8.27. The third kappa shape index (κ3) is 2.56. The van der Waals surface area contributed by atoms with E-state index in [1.54, 1.807) is 0 Å². The Morgan fingerprint density at radius 3 is 2.58 bits per heavy atom. The Bertz CT molecular complexity index is 467. The van der Waals surface area contributed by atoms with E-state index in [1.807, 2.05) is 45.2 Å². The molecule has 3 heteroatoms. The maximum atomic E-state index is 12.1. The van der Waals surface area contributed by atoms with E-state index in [4.69, 9.17) is 4.74 Å². The van der Waals surface area contributed by atoms with Gasteiger partial charge in [-0.3, -0.25) is 9.69 Å². The van der Waals surface area contributed by atoms with Crippen molar-refractivity contribution in [2.45, 2.75) is 25.9 Å². The number of rotatable bonds is 3. The number of ether oxygens (including phenoxy) is 1. The summed E-state index contributed by atoms with van der Waals surface area (Å²) < 4.78 is 5.39. The van der Waals surface area contributed by atoms with Gasteiger partial charge in [0.15, 0.2) is 0 Å². The molecule has 3 nitrogen and oxygen atoms in total. The van der Waals surface area contributed by atoms with Crippen molar-refractivity contribution in [3.8, 4) is 0 Å². The summed E-state index contributed by atoms with van der Waals surface area (Å²) in [5.41, 5.74) is 0.849. The second kappa shape index (κ2) is 5.17. The van der Waals surface area contributed by atoms with E-state index in [0.717, 1.165) is 0 Å². The van der Waals surface area contributed by atoms with Gasteiger partial charge in [-0.05, 0) is 12.6 Å². The molecular weight excluding hydrogens is 238 g/mol. The first-order valence-electron chi connectivity index (χ1n) is 6.54. The zero-order chi connectivity index (χ0) is 14.0. The number of cyclic esters (lactones) is 1. The normalized spacial score (nSPS) is 24.9. The fourth-order valence-corrected chi connectivity index (χ4v) is 2.65. The van der Waals surface area contributed by atoms with Crippen molar-refractivity contribution in [1.29, 1.82) is 0 Å². The predicted octanol–water partition coefficient (Wildman–Crippen LogP) is 2.80. The monoisotopic (exact) mass is 259 g/mol. The van der Waals surface area contributed by atoms with Crippen LogP contribution < -0.4 is 0 Å². The molecule has 0 bridgehead atoms. The van der Waals surface area contributed by atoms with Gasteiger partial charge in [0.25, 0.3) is 0 Å². The van der Waals surface area contributed by atoms with E-state index >= 15 is 0 Å². The first-order chi connectivity index (χ1) is 8.97. The number of nitrogens with zero attached hydrogens (tertiary/aromatic N) is 1. The van der Waals surface area contributed by atoms with E-state index in [-0.39, 0.29) is 23.5 Å². The van der Waals surface area contributed by atoms with Crippen LogP contribution in [0.3, 0.4) is 0 Å². The smallest absolute Gasteiger partial charge is 0.324 e. The van der Waals surface area contributed by atoms with Gasteiger partial charge in [-0.2, -0.15) is 0 Å². The molecule has 1 saturated heterocycles. The molecule has 19 heavy (non-hydrogen) atoms. The van der Waals surface area contributed by atoms with Crippen LogP contribution in [0.4, 0.5) is 0 Å². The van der Waals surface area contributed by atoms with Crippen LogP contribution in [0.5, 0.6) is 0 Å². The Hall–Kier alpha value is -1.61. The van der Waals surface area contributed by atoms with Gasteiger partial charge in [0, 0.05) is 5.41 Å². The number of likely N-dealkylation sites (N-methyl/N-ethyl adjacent to an activating group) is 1. The number of hydrogen-bond donors (Lipinski definition) is 0. The van der Waals surface area contributed by atoms with Crippen molar-refractivity contribution < 1.29 is 9.53 Å². The summed E-state index contributed by atoms with van der Waals surface area (Å²) in [5.74, 6) is -0.167. The van der Waals surface area contributed by atoms with E-state index in [0.29, 0.717) is 6.61 Å². The van der Waals surface area contributed by atoms with Crippen molar-refractivity contribution in [2.24, 2.45) is 5.41 Å². The van der Waals surface area contributed by atoms with Gasteiger partial charge in [-0.1, -0.05) is 50.3 Å². The summed E-state index contributed by atoms with van der Waals surface area (Å²) in [7, 11) is 1.98. The maximum absolute atomic E-state index is 12.1. The molecule has 1 fully saturated rings. The highest BCUT2D eigenvalue weighted by atomic mass is 16.5. The maximum Gasteiger partial charge on any atom is 0.324 e. The second-order valence-corrected chi connectivity index (χ2v) is 5.65. The van der Waals surface area contributed by atoms with Crippen LogP contribution >= 0.6 is 0 Å². The molecule has 0 aromatic heterocycles. The highest BCUT2D eigenvalue weighted by Crippen LogP contribution is 2.35. The molecule has 1 aromatic rings. The van der Waals surface area contributed by atoms with E-state index in [2.05, 4.69) is 23.6 Å². The molecule has 1 heterocycles. The Kier molecular flexibility index (Phi) is 3.76. The third-order valence-electron chi connectivity index (χ3n) is 3.92. The molecule has 0 spiro atoms. The lowest BCUT2D eigenvalue weighted by atomic mass is 9.82.